The van der Waals surface area contributed by atoms with Crippen molar-refractivity contribution >= 4 is 17.5 Å². The third kappa shape index (κ3) is 5.64. The summed E-state index contributed by atoms with van der Waals surface area (Å²) >= 11 is 0. The van der Waals surface area contributed by atoms with Gasteiger partial charge in [0, 0.05) is 11.3 Å². The molecule has 3 rings (SSSR count). The van der Waals surface area contributed by atoms with E-state index in [0.717, 1.165) is 31.7 Å². The predicted molar refractivity (Wildman–Crippen MR) is 114 cm³/mol. The summed E-state index contributed by atoms with van der Waals surface area (Å²) in [7, 11) is 2.19. The van der Waals surface area contributed by atoms with Crippen LogP contribution in [0, 0.1) is 19.7 Å². The van der Waals surface area contributed by atoms with Crippen molar-refractivity contribution in [1.29, 1.82) is 0 Å². The number of aryl methyl sites for hydroxylation is 2. The zero-order chi connectivity index (χ0) is 21.7. The lowest BCUT2D eigenvalue weighted by Gasteiger charge is -2.33. The molecule has 7 heteroatoms. The van der Waals surface area contributed by atoms with E-state index in [1.165, 1.54) is 21.4 Å². The van der Waals surface area contributed by atoms with Crippen LogP contribution in [0.1, 0.15) is 22.7 Å². The number of carbonyl (C=O) groups is 2. The van der Waals surface area contributed by atoms with Gasteiger partial charge in [-0.3, -0.25) is 9.59 Å². The van der Waals surface area contributed by atoms with Gasteiger partial charge >= 0.3 is 11.8 Å². The van der Waals surface area contributed by atoms with Gasteiger partial charge in [0.05, 0.1) is 13.6 Å². The average molecular weight is 415 g/mol. The van der Waals surface area contributed by atoms with E-state index in [0.29, 0.717) is 12.1 Å². The van der Waals surface area contributed by atoms with E-state index in [4.69, 9.17) is 0 Å². The highest BCUT2D eigenvalue weighted by Crippen LogP contribution is 2.14. The Labute approximate surface area is 177 Å². The monoisotopic (exact) mass is 414 g/mol. The smallest absolute Gasteiger partial charge is 0.313 e. The Morgan fingerprint density at radius 3 is 2.30 bits per heavy atom. The number of halogens is 1. The van der Waals surface area contributed by atoms with Gasteiger partial charge in [-0.2, -0.15) is 0 Å². The number of likely N-dealkylation sites (N-methyl/N-ethyl adjacent to an activating group) is 1. The van der Waals surface area contributed by atoms with E-state index >= 15 is 0 Å². The van der Waals surface area contributed by atoms with Crippen LogP contribution in [0.2, 0.25) is 0 Å². The van der Waals surface area contributed by atoms with Gasteiger partial charge in [-0.1, -0.05) is 35.9 Å². The summed E-state index contributed by atoms with van der Waals surface area (Å²) in [6.45, 7) is 8.22. The maximum Gasteiger partial charge on any atom is 0.313 e. The minimum absolute atomic E-state index is 0.0762. The Morgan fingerprint density at radius 2 is 1.67 bits per heavy atom. The lowest BCUT2D eigenvalue weighted by Crippen LogP contribution is -3.27. The molecule has 2 aromatic carbocycles. The molecule has 30 heavy (non-hydrogen) atoms. The number of hydrogen-bond acceptors (Lipinski definition) is 2. The quantitative estimate of drug-likeness (QED) is 0.506. The fourth-order valence-electron chi connectivity index (χ4n) is 3.78. The van der Waals surface area contributed by atoms with Crippen molar-refractivity contribution in [3.8, 4) is 0 Å². The Hall–Kier alpha value is -2.77. The van der Waals surface area contributed by atoms with Crippen LogP contribution in [0.25, 0.3) is 0 Å². The van der Waals surface area contributed by atoms with Gasteiger partial charge in [0.15, 0.2) is 0 Å². The minimum atomic E-state index is -0.793. The topological polar surface area (TPSA) is 67.1 Å². The number of benzene rings is 2. The van der Waals surface area contributed by atoms with Crippen LogP contribution in [0.15, 0.2) is 42.5 Å². The zero-order valence-electron chi connectivity index (χ0n) is 17.8. The highest BCUT2D eigenvalue weighted by Gasteiger charge is 2.30. The second kappa shape index (κ2) is 9.82. The van der Waals surface area contributed by atoms with Crippen molar-refractivity contribution in [2.75, 3.05) is 45.1 Å². The first-order chi connectivity index (χ1) is 14.3. The average Bonchev–Trinajstić information content (AvgIpc) is 2.73. The Morgan fingerprint density at radius 1 is 1.00 bits per heavy atom. The number of hydrogen-bond donors (Lipinski definition) is 4. The number of piperazine rings is 1. The fourth-order valence-corrected chi connectivity index (χ4v) is 3.78. The van der Waals surface area contributed by atoms with E-state index in [9.17, 15) is 14.0 Å². The highest BCUT2D eigenvalue weighted by molar-refractivity contribution is 6.39. The van der Waals surface area contributed by atoms with E-state index in [-0.39, 0.29) is 11.7 Å². The third-order valence-corrected chi connectivity index (χ3v) is 5.82. The number of amides is 2. The molecule has 0 bridgehead atoms. The van der Waals surface area contributed by atoms with E-state index in [1.54, 1.807) is 19.1 Å². The summed E-state index contributed by atoms with van der Waals surface area (Å²) in [5.41, 5.74) is 3.08. The zero-order valence-corrected chi connectivity index (χ0v) is 17.8. The van der Waals surface area contributed by atoms with Crippen LogP contribution in [-0.2, 0) is 9.59 Å². The second-order valence-corrected chi connectivity index (χ2v) is 8.21. The van der Waals surface area contributed by atoms with Gasteiger partial charge in [-0.05, 0) is 31.5 Å². The highest BCUT2D eigenvalue weighted by atomic mass is 19.1. The van der Waals surface area contributed by atoms with Crippen LogP contribution in [0.5, 0.6) is 0 Å². The molecule has 1 heterocycles. The van der Waals surface area contributed by atoms with Crippen molar-refractivity contribution in [3.63, 3.8) is 0 Å². The third-order valence-electron chi connectivity index (χ3n) is 5.82. The number of anilines is 1. The lowest BCUT2D eigenvalue weighted by atomic mass is 10.0. The summed E-state index contributed by atoms with van der Waals surface area (Å²) < 4.78 is 13.7. The number of rotatable bonds is 5. The standard InChI is InChI=1S/C23H29FN4O2/c1-16-4-7-18(8-5-16)21(28-12-10-27(3)11-13-28)15-25-22(29)23(30)26-19-9-6-17(2)20(24)14-19/h4-9,14,21H,10-13,15H2,1-3H3,(H,25,29)(H,26,30)/p+2/t21-/m1/s1. The van der Waals surface area contributed by atoms with Gasteiger partial charge in [0.2, 0.25) is 0 Å². The number of carbonyl (C=O) groups excluding carboxylic acids is 2. The van der Waals surface area contributed by atoms with Gasteiger partial charge in [-0.15, -0.1) is 0 Å². The molecule has 0 aliphatic carbocycles. The van der Waals surface area contributed by atoms with Crippen molar-refractivity contribution < 1.29 is 23.8 Å². The van der Waals surface area contributed by atoms with Crippen LogP contribution in [0.3, 0.4) is 0 Å². The minimum Gasteiger partial charge on any atom is -0.341 e. The first-order valence-electron chi connectivity index (χ1n) is 10.4. The molecule has 0 saturated carbocycles. The van der Waals surface area contributed by atoms with E-state index in [2.05, 4.69) is 41.9 Å². The van der Waals surface area contributed by atoms with Gasteiger partial charge in [-0.25, -0.2) is 4.39 Å². The van der Waals surface area contributed by atoms with Crippen molar-refractivity contribution in [3.05, 3.63) is 65.0 Å². The molecule has 0 radical (unpaired) electrons. The maximum atomic E-state index is 13.7. The molecule has 160 valence electrons. The molecule has 1 aliphatic heterocycles. The SMILES string of the molecule is Cc1ccc([C@@H](CNC(=O)C(=O)Nc2ccc(C)c(F)c2)[NH+]2CC[NH+](C)CC2)cc1. The molecule has 1 aliphatic rings. The lowest BCUT2D eigenvalue weighted by molar-refractivity contribution is -1.02. The summed E-state index contributed by atoms with van der Waals surface area (Å²) in [6.07, 6.45) is 0. The van der Waals surface area contributed by atoms with Gasteiger partial charge < -0.3 is 20.4 Å². The Bertz CT molecular complexity index is 893. The molecule has 2 aromatic rings. The molecule has 0 spiro atoms. The van der Waals surface area contributed by atoms with Crippen molar-refractivity contribution in [2.45, 2.75) is 19.9 Å². The van der Waals surface area contributed by atoms with Gasteiger partial charge in [0.1, 0.15) is 38.0 Å². The molecule has 1 saturated heterocycles. The molecule has 1 atom stereocenters. The normalized spacial score (nSPS) is 19.7. The fraction of sp³-hybridized carbons (Fsp3) is 0.391. The summed E-state index contributed by atoms with van der Waals surface area (Å²) in [5, 5.41) is 5.24. The van der Waals surface area contributed by atoms with Crippen LogP contribution >= 0.6 is 0 Å². The van der Waals surface area contributed by atoms with Crippen molar-refractivity contribution in [2.24, 2.45) is 0 Å². The predicted octanol–water partition coefficient (Wildman–Crippen LogP) is -0.348. The van der Waals surface area contributed by atoms with Crippen molar-refractivity contribution in [1.82, 2.24) is 5.32 Å². The van der Waals surface area contributed by atoms with E-state index in [1.807, 2.05) is 6.92 Å². The Kier molecular flexibility index (Phi) is 7.18. The first-order valence-corrected chi connectivity index (χ1v) is 10.4. The number of nitrogens with one attached hydrogen (secondary N) is 4. The molecular formula is C23H31FN4O2+2. The van der Waals surface area contributed by atoms with Crippen LogP contribution in [0.4, 0.5) is 10.1 Å². The summed E-state index contributed by atoms with van der Waals surface area (Å²) in [5.74, 6) is -1.93. The van der Waals surface area contributed by atoms with Crippen LogP contribution < -0.4 is 20.4 Å². The molecule has 6 nitrogen and oxygen atoms in total. The molecule has 1 fully saturated rings. The molecule has 0 unspecified atom stereocenters. The maximum absolute atomic E-state index is 13.7. The molecule has 2 amide bonds. The number of quaternary nitrogens is 2. The second-order valence-electron chi connectivity index (χ2n) is 8.21. The molecule has 4 N–H and O–H groups in total. The molecule has 0 aromatic heterocycles. The first kappa shape index (κ1) is 21.9. The van der Waals surface area contributed by atoms with Crippen LogP contribution in [-0.4, -0.2) is 51.6 Å². The largest absolute Gasteiger partial charge is 0.341 e. The van der Waals surface area contributed by atoms with Gasteiger partial charge in [0.25, 0.3) is 0 Å². The molecular weight excluding hydrogens is 383 g/mol. The summed E-state index contributed by atoms with van der Waals surface area (Å²) in [6, 6.07) is 12.8. The summed E-state index contributed by atoms with van der Waals surface area (Å²) in [4.78, 5) is 27.6. The van der Waals surface area contributed by atoms with E-state index < -0.39 is 17.6 Å². The Balaban J connectivity index is 1.65.